The molecule has 0 atom stereocenters. The van der Waals surface area contributed by atoms with Crippen molar-refractivity contribution in [3.63, 3.8) is 0 Å². The lowest BCUT2D eigenvalue weighted by molar-refractivity contribution is -0.275. The van der Waals surface area contributed by atoms with Gasteiger partial charge < -0.3 is 9.84 Å². The largest absolute Gasteiger partial charge is 0.573 e. The molecule has 92 valence electrons. The van der Waals surface area contributed by atoms with Gasteiger partial charge in [0.05, 0.1) is 0 Å². The van der Waals surface area contributed by atoms with Crippen LogP contribution in [0.1, 0.15) is 5.56 Å². The highest BCUT2D eigenvalue weighted by Gasteiger charge is 2.32. The second kappa shape index (κ2) is 4.86. The van der Waals surface area contributed by atoms with Crippen LogP contribution in [0.15, 0.2) is 24.3 Å². The molecule has 0 aromatic heterocycles. The van der Waals surface area contributed by atoms with Crippen LogP contribution in [-0.2, 0) is 4.79 Å². The molecule has 0 saturated carbocycles. The Morgan fingerprint density at radius 3 is 2.53 bits per heavy atom. The van der Waals surface area contributed by atoms with Crippen LogP contribution in [-0.4, -0.2) is 17.4 Å². The zero-order valence-corrected chi connectivity index (χ0v) is 8.16. The first kappa shape index (κ1) is 13.0. The second-order valence-corrected chi connectivity index (χ2v) is 2.91. The van der Waals surface area contributed by atoms with Crippen LogP contribution in [0.25, 0.3) is 6.08 Å². The van der Waals surface area contributed by atoms with E-state index in [1.165, 1.54) is 0 Å². The van der Waals surface area contributed by atoms with Gasteiger partial charge in [0.2, 0.25) is 0 Å². The van der Waals surface area contributed by atoms with Crippen molar-refractivity contribution < 1.29 is 32.2 Å². The fourth-order valence-electron chi connectivity index (χ4n) is 0.994. The molecular weight excluding hydrogens is 244 g/mol. The average molecular weight is 250 g/mol. The van der Waals surface area contributed by atoms with Gasteiger partial charge in [-0.1, -0.05) is 6.07 Å². The highest BCUT2D eigenvalue weighted by Crippen LogP contribution is 2.26. The van der Waals surface area contributed by atoms with E-state index in [2.05, 4.69) is 4.74 Å². The third-order valence-corrected chi connectivity index (χ3v) is 1.60. The van der Waals surface area contributed by atoms with Gasteiger partial charge in [0.15, 0.2) is 11.6 Å². The van der Waals surface area contributed by atoms with Crippen molar-refractivity contribution in [3.8, 4) is 5.75 Å². The fraction of sp³-hybridized carbons (Fsp3) is 0.100. The van der Waals surface area contributed by atoms with E-state index in [4.69, 9.17) is 5.11 Å². The van der Waals surface area contributed by atoms with Crippen molar-refractivity contribution in [2.45, 2.75) is 6.36 Å². The Hall–Kier alpha value is -2.05. The Kier molecular flexibility index (Phi) is 3.72. The maximum atomic E-state index is 12.9. The second-order valence-electron chi connectivity index (χ2n) is 2.91. The lowest BCUT2D eigenvalue weighted by Gasteiger charge is -2.09. The Labute approximate surface area is 92.9 Å². The minimum Gasteiger partial charge on any atom is -0.478 e. The number of halogens is 4. The molecule has 1 rings (SSSR count). The number of aliphatic carboxylic acids is 1. The van der Waals surface area contributed by atoms with Gasteiger partial charge in [-0.3, -0.25) is 0 Å². The summed E-state index contributed by atoms with van der Waals surface area (Å²) in [5, 5.41) is 8.31. The number of hydrogen-bond acceptors (Lipinski definition) is 2. The minimum absolute atomic E-state index is 0.0769. The maximum absolute atomic E-state index is 12.9. The van der Waals surface area contributed by atoms with Crippen LogP contribution in [0.2, 0.25) is 0 Å². The minimum atomic E-state index is -5.00. The number of carboxylic acid groups (broad SMARTS) is 1. The topological polar surface area (TPSA) is 46.5 Å². The van der Waals surface area contributed by atoms with Crippen molar-refractivity contribution in [2.24, 2.45) is 0 Å². The Morgan fingerprint density at radius 2 is 2.00 bits per heavy atom. The van der Waals surface area contributed by atoms with Crippen molar-refractivity contribution in [3.05, 3.63) is 35.7 Å². The number of ether oxygens (including phenoxy) is 1. The average Bonchev–Trinajstić information content (AvgIpc) is 2.17. The molecule has 0 aliphatic carbocycles. The molecule has 7 heteroatoms. The normalized spacial score (nSPS) is 11.8. The van der Waals surface area contributed by atoms with Crippen molar-refractivity contribution in [2.75, 3.05) is 0 Å². The SMILES string of the molecule is O=C(O)C=Cc1ccc(F)c(OC(F)(F)F)c1. The van der Waals surface area contributed by atoms with Crippen LogP contribution < -0.4 is 4.74 Å². The third-order valence-electron chi connectivity index (χ3n) is 1.60. The molecule has 0 amide bonds. The number of benzene rings is 1. The summed E-state index contributed by atoms with van der Waals surface area (Å²) in [4.78, 5) is 10.2. The summed E-state index contributed by atoms with van der Waals surface area (Å²) in [5.74, 6) is -3.47. The molecule has 1 aromatic carbocycles. The lowest BCUT2D eigenvalue weighted by Crippen LogP contribution is -2.18. The Balaban J connectivity index is 2.98. The first-order valence-electron chi connectivity index (χ1n) is 4.24. The summed E-state index contributed by atoms with van der Waals surface area (Å²) >= 11 is 0. The number of rotatable bonds is 3. The van der Waals surface area contributed by atoms with E-state index in [-0.39, 0.29) is 5.56 Å². The highest BCUT2D eigenvalue weighted by atomic mass is 19.4. The quantitative estimate of drug-likeness (QED) is 0.662. The van der Waals surface area contributed by atoms with Gasteiger partial charge >= 0.3 is 12.3 Å². The molecule has 17 heavy (non-hydrogen) atoms. The molecular formula is C10H6F4O3. The zero-order valence-electron chi connectivity index (χ0n) is 8.16. The van der Waals surface area contributed by atoms with Gasteiger partial charge in [-0.25, -0.2) is 9.18 Å². The molecule has 0 bridgehead atoms. The zero-order chi connectivity index (χ0) is 13.1. The molecule has 1 N–H and O–H groups in total. The molecule has 0 aliphatic rings. The van der Waals surface area contributed by atoms with E-state index in [0.29, 0.717) is 6.08 Å². The first-order chi connectivity index (χ1) is 7.78. The first-order valence-corrected chi connectivity index (χ1v) is 4.24. The van der Waals surface area contributed by atoms with Gasteiger partial charge in [0.1, 0.15) is 0 Å². The molecule has 0 saturated heterocycles. The molecule has 0 fully saturated rings. The van der Waals surface area contributed by atoms with Crippen LogP contribution in [0.4, 0.5) is 17.6 Å². The van der Waals surface area contributed by atoms with E-state index in [1.54, 1.807) is 0 Å². The molecule has 0 aliphatic heterocycles. The summed E-state index contributed by atoms with van der Waals surface area (Å²) in [6.45, 7) is 0. The molecule has 0 spiro atoms. The molecule has 0 heterocycles. The number of hydrogen-bond donors (Lipinski definition) is 1. The van der Waals surface area contributed by atoms with Gasteiger partial charge in [-0.2, -0.15) is 0 Å². The number of carbonyl (C=O) groups is 1. The van der Waals surface area contributed by atoms with Gasteiger partial charge in [-0.05, 0) is 23.8 Å². The monoisotopic (exact) mass is 250 g/mol. The maximum Gasteiger partial charge on any atom is 0.573 e. The summed E-state index contributed by atoms with van der Waals surface area (Å²) in [5.41, 5.74) is 0.0769. The smallest absolute Gasteiger partial charge is 0.478 e. The molecule has 1 aromatic rings. The predicted octanol–water partition coefficient (Wildman–Crippen LogP) is 2.82. The Morgan fingerprint density at radius 1 is 1.35 bits per heavy atom. The van der Waals surface area contributed by atoms with Crippen molar-refractivity contribution in [1.82, 2.24) is 0 Å². The van der Waals surface area contributed by atoms with Gasteiger partial charge in [0, 0.05) is 6.08 Å². The van der Waals surface area contributed by atoms with Gasteiger partial charge in [0.25, 0.3) is 0 Å². The molecule has 0 radical (unpaired) electrons. The fourth-order valence-corrected chi connectivity index (χ4v) is 0.994. The van der Waals surface area contributed by atoms with Crippen LogP contribution in [0, 0.1) is 5.82 Å². The summed E-state index contributed by atoms with van der Waals surface area (Å²) < 4.78 is 52.0. The van der Waals surface area contributed by atoms with E-state index in [9.17, 15) is 22.4 Å². The Bertz CT molecular complexity index is 451. The van der Waals surface area contributed by atoms with E-state index in [1.807, 2.05) is 0 Å². The summed E-state index contributed by atoms with van der Waals surface area (Å²) in [6, 6.07) is 2.63. The number of carboxylic acids is 1. The van der Waals surface area contributed by atoms with Crippen LogP contribution in [0.3, 0.4) is 0 Å². The predicted molar refractivity (Wildman–Crippen MR) is 49.8 cm³/mol. The van der Waals surface area contributed by atoms with Crippen LogP contribution >= 0.6 is 0 Å². The number of alkyl halides is 3. The highest BCUT2D eigenvalue weighted by molar-refractivity contribution is 5.85. The van der Waals surface area contributed by atoms with E-state index in [0.717, 1.165) is 24.3 Å². The van der Waals surface area contributed by atoms with Crippen molar-refractivity contribution in [1.29, 1.82) is 0 Å². The molecule has 0 unspecified atom stereocenters. The lowest BCUT2D eigenvalue weighted by atomic mass is 10.2. The standard InChI is InChI=1S/C10H6F4O3/c11-7-3-1-6(2-4-9(15)16)5-8(7)17-10(12,13)14/h1-5H,(H,15,16). The third kappa shape index (κ3) is 4.54. The van der Waals surface area contributed by atoms with E-state index >= 15 is 0 Å². The van der Waals surface area contributed by atoms with Gasteiger partial charge in [-0.15, -0.1) is 13.2 Å². The molecule has 3 nitrogen and oxygen atoms in total. The summed E-state index contributed by atoms with van der Waals surface area (Å²) in [6.07, 6.45) is -3.27. The van der Waals surface area contributed by atoms with Crippen molar-refractivity contribution >= 4 is 12.0 Å². The van der Waals surface area contributed by atoms with E-state index < -0.39 is 23.9 Å². The summed E-state index contributed by atoms with van der Waals surface area (Å²) in [7, 11) is 0. The van der Waals surface area contributed by atoms with Crippen LogP contribution in [0.5, 0.6) is 5.75 Å².